The molecule has 0 bridgehead atoms. The molecule has 0 atom stereocenters. The predicted molar refractivity (Wildman–Crippen MR) is 85.3 cm³/mol. The first-order valence-electron chi connectivity index (χ1n) is 7.21. The number of anilines is 1. The number of aryl methyl sites for hydroxylation is 1. The Morgan fingerprint density at radius 1 is 1.16 bits per heavy atom. The van der Waals surface area contributed by atoms with Crippen molar-refractivity contribution in [2.24, 2.45) is 0 Å². The van der Waals surface area contributed by atoms with Crippen LogP contribution in [-0.4, -0.2) is 26.6 Å². The highest BCUT2D eigenvalue weighted by Crippen LogP contribution is 2.20. The van der Waals surface area contributed by atoms with E-state index in [4.69, 9.17) is 0 Å². The predicted octanol–water partition coefficient (Wildman–Crippen LogP) is 2.87. The van der Waals surface area contributed by atoms with E-state index < -0.39 is 28.9 Å². The summed E-state index contributed by atoms with van der Waals surface area (Å²) in [5, 5.41) is 2.53. The molecule has 8 heteroatoms. The molecule has 126 valence electrons. The van der Waals surface area contributed by atoms with Crippen molar-refractivity contribution < 1.29 is 18.4 Å². The van der Waals surface area contributed by atoms with Gasteiger partial charge in [0.05, 0.1) is 23.6 Å². The fourth-order valence-electron chi connectivity index (χ4n) is 2.23. The second-order valence-electron chi connectivity index (χ2n) is 5.27. The molecule has 0 fully saturated rings. The summed E-state index contributed by atoms with van der Waals surface area (Å²) < 4.78 is 27.9. The quantitative estimate of drug-likeness (QED) is 0.714. The number of H-pyrrole nitrogens is 1. The van der Waals surface area contributed by atoms with Gasteiger partial charge in [0.1, 0.15) is 23.7 Å². The van der Waals surface area contributed by atoms with E-state index in [2.05, 4.69) is 20.3 Å². The second kappa shape index (κ2) is 6.60. The molecule has 0 unspecified atom stereocenters. The van der Waals surface area contributed by atoms with Gasteiger partial charge >= 0.3 is 0 Å². The number of nitrogens with zero attached hydrogens (tertiary/aromatic N) is 2. The van der Waals surface area contributed by atoms with Crippen LogP contribution >= 0.6 is 0 Å². The number of hydrogen-bond acceptors (Lipinski definition) is 4. The number of benzene rings is 1. The fraction of sp³-hybridized carbons (Fsp3) is 0.0588. The molecule has 0 saturated carbocycles. The molecular weight excluding hydrogens is 330 g/mol. The summed E-state index contributed by atoms with van der Waals surface area (Å²) in [5.41, 5.74) is -0.103. The minimum atomic E-state index is -0.957. The average Bonchev–Trinajstić information content (AvgIpc) is 3.09. The Morgan fingerprint density at radius 2 is 1.88 bits per heavy atom. The van der Waals surface area contributed by atoms with E-state index in [1.54, 1.807) is 0 Å². The largest absolute Gasteiger partial charge is 0.356 e. The van der Waals surface area contributed by atoms with Crippen molar-refractivity contribution in [1.29, 1.82) is 0 Å². The number of amides is 1. The summed E-state index contributed by atoms with van der Waals surface area (Å²) in [5.74, 6) is -3.27. The third-order valence-corrected chi connectivity index (χ3v) is 3.52. The van der Waals surface area contributed by atoms with E-state index in [-0.39, 0.29) is 16.8 Å². The minimum absolute atomic E-state index is 0.0298. The van der Waals surface area contributed by atoms with E-state index in [9.17, 15) is 18.4 Å². The van der Waals surface area contributed by atoms with Crippen molar-refractivity contribution in [3.63, 3.8) is 0 Å². The topological polar surface area (TPSA) is 87.7 Å². The third kappa shape index (κ3) is 3.27. The van der Waals surface area contributed by atoms with Crippen LogP contribution in [-0.2, 0) is 0 Å². The lowest BCUT2D eigenvalue weighted by Gasteiger charge is -2.05. The lowest BCUT2D eigenvalue weighted by Crippen LogP contribution is -2.12. The van der Waals surface area contributed by atoms with Crippen molar-refractivity contribution in [3.8, 4) is 0 Å². The standard InChI is InChI=1S/C17H12F2N4O2/c1-9-2-3-12(18)14(15(9)19)16(24)10-4-13(22-5-10)17(25)23-11-6-20-8-21-7-11/h2-8,22H,1H3,(H,23,25). The first kappa shape index (κ1) is 16.4. The van der Waals surface area contributed by atoms with Crippen LogP contribution in [0.5, 0.6) is 0 Å². The van der Waals surface area contributed by atoms with Gasteiger partial charge in [-0.05, 0) is 24.6 Å². The summed E-state index contributed by atoms with van der Waals surface area (Å²) in [6.07, 6.45) is 5.33. The molecular formula is C17H12F2N4O2. The molecule has 3 rings (SSSR count). The van der Waals surface area contributed by atoms with Gasteiger partial charge in [0.15, 0.2) is 5.78 Å². The maximum Gasteiger partial charge on any atom is 0.272 e. The molecule has 25 heavy (non-hydrogen) atoms. The van der Waals surface area contributed by atoms with Crippen LogP contribution in [0.25, 0.3) is 0 Å². The van der Waals surface area contributed by atoms with Gasteiger partial charge in [0.2, 0.25) is 0 Å². The zero-order valence-electron chi connectivity index (χ0n) is 13.0. The maximum absolute atomic E-state index is 14.1. The molecule has 0 aliphatic carbocycles. The van der Waals surface area contributed by atoms with Crippen LogP contribution < -0.4 is 5.32 Å². The highest BCUT2D eigenvalue weighted by Gasteiger charge is 2.22. The lowest BCUT2D eigenvalue weighted by atomic mass is 10.0. The van der Waals surface area contributed by atoms with Gasteiger partial charge in [0.25, 0.3) is 5.91 Å². The number of rotatable bonds is 4. The van der Waals surface area contributed by atoms with Crippen LogP contribution in [0.4, 0.5) is 14.5 Å². The number of hydrogen-bond donors (Lipinski definition) is 2. The van der Waals surface area contributed by atoms with Gasteiger partial charge in [-0.3, -0.25) is 9.59 Å². The van der Waals surface area contributed by atoms with Gasteiger partial charge in [-0.2, -0.15) is 0 Å². The summed E-state index contributed by atoms with van der Waals surface area (Å²) in [6, 6.07) is 3.50. The summed E-state index contributed by atoms with van der Waals surface area (Å²) in [7, 11) is 0. The Bertz CT molecular complexity index is 955. The van der Waals surface area contributed by atoms with Crippen LogP contribution in [0.2, 0.25) is 0 Å². The second-order valence-corrected chi connectivity index (χ2v) is 5.27. The smallest absolute Gasteiger partial charge is 0.272 e. The first-order chi connectivity index (χ1) is 12.0. The molecule has 2 N–H and O–H groups in total. The van der Waals surface area contributed by atoms with E-state index in [0.29, 0.717) is 5.69 Å². The zero-order valence-corrected chi connectivity index (χ0v) is 13.0. The Morgan fingerprint density at radius 3 is 2.60 bits per heavy atom. The van der Waals surface area contributed by atoms with Gasteiger partial charge in [-0.15, -0.1) is 0 Å². The Balaban J connectivity index is 1.85. The molecule has 0 spiro atoms. The highest BCUT2D eigenvalue weighted by atomic mass is 19.1. The molecule has 0 aliphatic rings. The number of carbonyl (C=O) groups is 2. The normalized spacial score (nSPS) is 10.5. The maximum atomic E-state index is 14.1. The van der Waals surface area contributed by atoms with E-state index in [0.717, 1.165) is 6.07 Å². The number of aromatic amines is 1. The SMILES string of the molecule is Cc1ccc(F)c(C(=O)c2c[nH]c(C(=O)Nc3cncnc3)c2)c1F. The Labute approximate surface area is 140 Å². The van der Waals surface area contributed by atoms with Gasteiger partial charge < -0.3 is 10.3 Å². The summed E-state index contributed by atoms with van der Waals surface area (Å²) in [4.78, 5) is 34.6. The van der Waals surface area contributed by atoms with Crippen molar-refractivity contribution in [3.05, 3.63) is 77.1 Å². The highest BCUT2D eigenvalue weighted by molar-refractivity contribution is 6.11. The molecule has 0 saturated heterocycles. The van der Waals surface area contributed by atoms with Crippen molar-refractivity contribution in [1.82, 2.24) is 15.0 Å². The van der Waals surface area contributed by atoms with Crippen LogP contribution in [0.15, 0.2) is 43.1 Å². The minimum Gasteiger partial charge on any atom is -0.356 e. The van der Waals surface area contributed by atoms with E-state index in [1.807, 2.05) is 0 Å². The molecule has 1 aromatic carbocycles. The van der Waals surface area contributed by atoms with Gasteiger partial charge in [-0.1, -0.05) is 6.07 Å². The van der Waals surface area contributed by atoms with Crippen molar-refractivity contribution in [2.45, 2.75) is 6.92 Å². The van der Waals surface area contributed by atoms with E-state index >= 15 is 0 Å². The molecule has 3 aromatic rings. The number of ketones is 1. The fourth-order valence-corrected chi connectivity index (χ4v) is 2.23. The monoisotopic (exact) mass is 342 g/mol. The van der Waals surface area contributed by atoms with Crippen LogP contribution in [0, 0.1) is 18.6 Å². The molecule has 1 amide bonds. The Hall–Kier alpha value is -3.42. The molecule has 6 nitrogen and oxygen atoms in total. The first-order valence-corrected chi connectivity index (χ1v) is 7.21. The lowest BCUT2D eigenvalue weighted by molar-refractivity contribution is 0.102. The van der Waals surface area contributed by atoms with Crippen molar-refractivity contribution >= 4 is 17.4 Å². The van der Waals surface area contributed by atoms with Gasteiger partial charge in [-0.25, -0.2) is 18.7 Å². The summed E-state index contributed by atoms with van der Waals surface area (Å²) in [6.45, 7) is 1.43. The molecule has 2 heterocycles. The number of nitrogens with one attached hydrogen (secondary N) is 2. The Kier molecular flexibility index (Phi) is 4.34. The van der Waals surface area contributed by atoms with Gasteiger partial charge in [0, 0.05) is 11.8 Å². The molecule has 0 radical (unpaired) electrons. The number of carbonyl (C=O) groups excluding carboxylic acids is 2. The van der Waals surface area contributed by atoms with Crippen LogP contribution in [0.3, 0.4) is 0 Å². The average molecular weight is 342 g/mol. The van der Waals surface area contributed by atoms with Crippen LogP contribution in [0.1, 0.15) is 32.0 Å². The van der Waals surface area contributed by atoms with Crippen molar-refractivity contribution in [2.75, 3.05) is 5.32 Å². The molecule has 0 aliphatic heterocycles. The zero-order chi connectivity index (χ0) is 18.0. The number of aromatic nitrogens is 3. The molecule has 2 aromatic heterocycles. The number of halogens is 2. The third-order valence-electron chi connectivity index (χ3n) is 3.52. The summed E-state index contributed by atoms with van der Waals surface area (Å²) >= 11 is 0. The van der Waals surface area contributed by atoms with E-state index in [1.165, 1.54) is 44.0 Å².